The Morgan fingerprint density at radius 2 is 2.11 bits per heavy atom. The van der Waals surface area contributed by atoms with Crippen LogP contribution in [0.3, 0.4) is 0 Å². The number of aryl methyl sites for hydroxylation is 2. The van der Waals surface area contributed by atoms with Gasteiger partial charge >= 0.3 is 0 Å². The van der Waals surface area contributed by atoms with Crippen LogP contribution in [0.4, 0.5) is 0 Å². The van der Waals surface area contributed by atoms with Crippen LogP contribution in [-0.2, 0) is 25.8 Å². The van der Waals surface area contributed by atoms with E-state index in [2.05, 4.69) is 37.4 Å². The number of aromatic nitrogens is 1. The molecule has 0 atom stereocenters. The van der Waals surface area contributed by atoms with E-state index in [4.69, 9.17) is 4.98 Å². The zero-order valence-electron chi connectivity index (χ0n) is 11.9. The second-order valence-corrected chi connectivity index (χ2v) is 5.35. The molecule has 0 bridgehead atoms. The van der Waals surface area contributed by atoms with E-state index in [1.165, 1.54) is 46.1 Å². The molecule has 1 aromatic heterocycles. The molecule has 0 radical (unpaired) electrons. The molecule has 1 heterocycles. The van der Waals surface area contributed by atoms with E-state index in [1.54, 1.807) is 0 Å². The molecule has 100 valence electrons. The van der Waals surface area contributed by atoms with Gasteiger partial charge in [-0.1, -0.05) is 19.9 Å². The SMILES string of the molecule is CCNCc1c2c(nc3ccc(CC)cc13)CCC2. The fraction of sp³-hybridized carbons (Fsp3) is 0.471. The number of nitrogens with zero attached hydrogens (tertiary/aromatic N) is 1. The van der Waals surface area contributed by atoms with E-state index in [-0.39, 0.29) is 0 Å². The van der Waals surface area contributed by atoms with Crippen LogP contribution in [-0.4, -0.2) is 11.5 Å². The van der Waals surface area contributed by atoms with E-state index in [0.717, 1.165) is 25.9 Å². The second kappa shape index (κ2) is 5.30. The van der Waals surface area contributed by atoms with Gasteiger partial charge in [0.15, 0.2) is 0 Å². The van der Waals surface area contributed by atoms with E-state index in [9.17, 15) is 0 Å². The summed E-state index contributed by atoms with van der Waals surface area (Å²) in [6.07, 6.45) is 4.71. The van der Waals surface area contributed by atoms with Crippen molar-refractivity contribution in [2.45, 2.75) is 46.1 Å². The molecule has 19 heavy (non-hydrogen) atoms. The fourth-order valence-electron chi connectivity index (χ4n) is 3.08. The monoisotopic (exact) mass is 254 g/mol. The van der Waals surface area contributed by atoms with Crippen LogP contribution in [0, 0.1) is 0 Å². The highest BCUT2D eigenvalue weighted by molar-refractivity contribution is 5.84. The molecule has 0 saturated carbocycles. The third kappa shape index (κ3) is 2.25. The first-order chi connectivity index (χ1) is 9.33. The minimum absolute atomic E-state index is 0.977. The lowest BCUT2D eigenvalue weighted by atomic mass is 9.99. The van der Waals surface area contributed by atoms with Crippen molar-refractivity contribution < 1.29 is 0 Å². The average Bonchev–Trinajstić information content (AvgIpc) is 2.91. The number of hydrogen-bond donors (Lipinski definition) is 1. The molecule has 2 aromatic rings. The molecule has 1 aromatic carbocycles. The summed E-state index contributed by atoms with van der Waals surface area (Å²) in [4.78, 5) is 4.87. The molecule has 0 saturated heterocycles. The summed E-state index contributed by atoms with van der Waals surface area (Å²) in [5.74, 6) is 0. The van der Waals surface area contributed by atoms with Crippen LogP contribution >= 0.6 is 0 Å². The molecule has 1 aliphatic rings. The standard InChI is InChI=1S/C17H22N2/c1-3-12-8-9-17-14(10-12)15(11-18-4-2)13-6-5-7-16(13)19-17/h8-10,18H,3-7,11H2,1-2H3. The normalized spacial score (nSPS) is 14.0. The zero-order valence-corrected chi connectivity index (χ0v) is 11.9. The van der Waals surface area contributed by atoms with Gasteiger partial charge in [-0.25, -0.2) is 0 Å². The van der Waals surface area contributed by atoms with Crippen molar-refractivity contribution in [3.05, 3.63) is 40.6 Å². The van der Waals surface area contributed by atoms with Crippen LogP contribution in [0.1, 0.15) is 42.7 Å². The minimum atomic E-state index is 0.977. The van der Waals surface area contributed by atoms with Crippen molar-refractivity contribution >= 4 is 10.9 Å². The van der Waals surface area contributed by atoms with Gasteiger partial charge in [-0.2, -0.15) is 0 Å². The second-order valence-electron chi connectivity index (χ2n) is 5.35. The van der Waals surface area contributed by atoms with Crippen LogP contribution in [0.25, 0.3) is 10.9 Å². The minimum Gasteiger partial charge on any atom is -0.313 e. The maximum Gasteiger partial charge on any atom is 0.0708 e. The van der Waals surface area contributed by atoms with Crippen molar-refractivity contribution in [1.29, 1.82) is 0 Å². The van der Waals surface area contributed by atoms with Gasteiger partial charge in [-0.3, -0.25) is 4.98 Å². The highest BCUT2D eigenvalue weighted by Gasteiger charge is 2.19. The highest BCUT2D eigenvalue weighted by Crippen LogP contribution is 2.30. The first kappa shape index (κ1) is 12.6. The third-order valence-corrected chi connectivity index (χ3v) is 4.15. The van der Waals surface area contributed by atoms with E-state index in [0.29, 0.717) is 0 Å². The van der Waals surface area contributed by atoms with Crippen LogP contribution in [0.2, 0.25) is 0 Å². The van der Waals surface area contributed by atoms with E-state index >= 15 is 0 Å². The Kier molecular flexibility index (Phi) is 3.52. The lowest BCUT2D eigenvalue weighted by Crippen LogP contribution is -2.14. The highest BCUT2D eigenvalue weighted by atomic mass is 14.8. The van der Waals surface area contributed by atoms with Crippen molar-refractivity contribution in [3.8, 4) is 0 Å². The number of benzene rings is 1. The number of rotatable bonds is 4. The van der Waals surface area contributed by atoms with Crippen LogP contribution in [0.15, 0.2) is 18.2 Å². The molecule has 3 rings (SSSR count). The Bertz CT molecular complexity index is 602. The van der Waals surface area contributed by atoms with E-state index < -0.39 is 0 Å². The Labute approximate surface area is 115 Å². The fourth-order valence-corrected chi connectivity index (χ4v) is 3.08. The molecule has 0 spiro atoms. The van der Waals surface area contributed by atoms with Crippen LogP contribution < -0.4 is 5.32 Å². The summed E-state index contributed by atoms with van der Waals surface area (Å²) < 4.78 is 0. The summed E-state index contributed by atoms with van der Waals surface area (Å²) in [5, 5.41) is 4.86. The van der Waals surface area contributed by atoms with Crippen molar-refractivity contribution in [3.63, 3.8) is 0 Å². The van der Waals surface area contributed by atoms with Crippen molar-refractivity contribution in [2.24, 2.45) is 0 Å². The summed E-state index contributed by atoms with van der Waals surface area (Å²) in [6.45, 7) is 6.38. The number of hydrogen-bond acceptors (Lipinski definition) is 2. The molecule has 2 nitrogen and oxygen atoms in total. The molecule has 0 amide bonds. The van der Waals surface area contributed by atoms with E-state index in [1.807, 2.05) is 0 Å². The van der Waals surface area contributed by atoms with Gasteiger partial charge in [0.05, 0.1) is 5.52 Å². The van der Waals surface area contributed by atoms with Crippen molar-refractivity contribution in [2.75, 3.05) is 6.54 Å². The smallest absolute Gasteiger partial charge is 0.0708 e. The Morgan fingerprint density at radius 3 is 2.89 bits per heavy atom. The number of fused-ring (bicyclic) bond motifs is 2. The Hall–Kier alpha value is -1.41. The van der Waals surface area contributed by atoms with Gasteiger partial charge < -0.3 is 5.32 Å². The van der Waals surface area contributed by atoms with Gasteiger partial charge in [0.1, 0.15) is 0 Å². The molecule has 0 aliphatic heterocycles. The van der Waals surface area contributed by atoms with Crippen LogP contribution in [0.5, 0.6) is 0 Å². The predicted molar refractivity (Wildman–Crippen MR) is 80.5 cm³/mol. The van der Waals surface area contributed by atoms with Gasteiger partial charge in [-0.15, -0.1) is 0 Å². The molecule has 1 N–H and O–H groups in total. The van der Waals surface area contributed by atoms with Gasteiger partial charge in [0, 0.05) is 17.6 Å². The molecule has 2 heteroatoms. The maximum atomic E-state index is 4.87. The van der Waals surface area contributed by atoms with Gasteiger partial charge in [-0.05, 0) is 61.1 Å². The Morgan fingerprint density at radius 1 is 1.21 bits per heavy atom. The van der Waals surface area contributed by atoms with Gasteiger partial charge in [0.25, 0.3) is 0 Å². The average molecular weight is 254 g/mol. The molecule has 0 unspecified atom stereocenters. The quantitative estimate of drug-likeness (QED) is 0.904. The number of nitrogens with one attached hydrogen (secondary N) is 1. The first-order valence-corrected chi connectivity index (χ1v) is 7.47. The van der Waals surface area contributed by atoms with Gasteiger partial charge in [0.2, 0.25) is 0 Å². The molecular formula is C17H22N2. The lowest BCUT2D eigenvalue weighted by molar-refractivity contribution is 0.724. The largest absolute Gasteiger partial charge is 0.313 e. The van der Waals surface area contributed by atoms with Crippen molar-refractivity contribution in [1.82, 2.24) is 10.3 Å². The summed E-state index contributed by atoms with van der Waals surface area (Å²) in [5.41, 5.74) is 6.93. The summed E-state index contributed by atoms with van der Waals surface area (Å²) >= 11 is 0. The third-order valence-electron chi connectivity index (χ3n) is 4.15. The maximum absolute atomic E-state index is 4.87. The summed E-state index contributed by atoms with van der Waals surface area (Å²) in [7, 11) is 0. The lowest BCUT2D eigenvalue weighted by Gasteiger charge is -2.13. The first-order valence-electron chi connectivity index (χ1n) is 7.47. The molecule has 1 aliphatic carbocycles. The molecule has 0 fully saturated rings. The number of pyridine rings is 1. The predicted octanol–water partition coefficient (Wildman–Crippen LogP) is 3.40. The topological polar surface area (TPSA) is 24.9 Å². The zero-order chi connectivity index (χ0) is 13.2. The summed E-state index contributed by atoms with van der Waals surface area (Å²) in [6, 6.07) is 6.75. The molecular weight excluding hydrogens is 232 g/mol. The Balaban J connectivity index is 2.20.